The summed E-state index contributed by atoms with van der Waals surface area (Å²) in [6, 6.07) is 0.586. The number of likely N-dealkylation sites (N-methyl/N-ethyl adjacent to an activating group) is 1. The van der Waals surface area contributed by atoms with Crippen LogP contribution in [-0.2, 0) is 17.9 Å². The zero-order valence-corrected chi connectivity index (χ0v) is 14.8. The number of nitrogens with zero attached hydrogens (tertiary/aromatic N) is 5. The summed E-state index contributed by atoms with van der Waals surface area (Å²) in [7, 11) is 1.62. The minimum absolute atomic E-state index is 0.233. The molecule has 2 rings (SSSR count). The number of rotatable bonds is 6. The van der Waals surface area contributed by atoms with Crippen molar-refractivity contribution in [2.45, 2.75) is 46.3 Å². The summed E-state index contributed by atoms with van der Waals surface area (Å²) in [5.41, 5.74) is 0.763. The lowest BCUT2D eigenvalue weighted by molar-refractivity contribution is -0.133. The van der Waals surface area contributed by atoms with E-state index >= 15 is 0 Å². The molecule has 0 N–H and O–H groups in total. The van der Waals surface area contributed by atoms with Gasteiger partial charge in [-0.1, -0.05) is 11.6 Å². The number of aryl methyl sites for hydroxylation is 2. The minimum atomic E-state index is -2.67. The fourth-order valence-corrected chi connectivity index (χ4v) is 2.65. The summed E-state index contributed by atoms with van der Waals surface area (Å²) in [5, 5.41) is 8.61. The Labute approximate surface area is 144 Å². The van der Waals surface area contributed by atoms with Gasteiger partial charge in [0.1, 0.15) is 17.4 Å². The van der Waals surface area contributed by atoms with Crippen LogP contribution < -0.4 is 0 Å². The zero-order valence-electron chi connectivity index (χ0n) is 14.0. The van der Waals surface area contributed by atoms with Crippen LogP contribution in [0.4, 0.5) is 8.78 Å². The molecule has 0 bridgehead atoms. The van der Waals surface area contributed by atoms with Gasteiger partial charge in [0, 0.05) is 25.5 Å². The van der Waals surface area contributed by atoms with E-state index in [1.54, 1.807) is 31.8 Å². The molecule has 1 amide bonds. The van der Waals surface area contributed by atoms with E-state index in [9.17, 15) is 13.6 Å². The molecule has 0 spiro atoms. The summed E-state index contributed by atoms with van der Waals surface area (Å²) >= 11 is 6.11. The van der Waals surface area contributed by atoms with E-state index in [-0.39, 0.29) is 18.1 Å². The highest BCUT2D eigenvalue weighted by atomic mass is 35.5. The van der Waals surface area contributed by atoms with Gasteiger partial charge >= 0.3 is 0 Å². The van der Waals surface area contributed by atoms with Gasteiger partial charge in [0.05, 0.1) is 11.6 Å². The second-order valence-corrected chi connectivity index (χ2v) is 6.01. The van der Waals surface area contributed by atoms with Crippen LogP contribution in [0.3, 0.4) is 0 Å². The van der Waals surface area contributed by atoms with Crippen molar-refractivity contribution in [1.82, 2.24) is 24.5 Å². The van der Waals surface area contributed by atoms with Gasteiger partial charge in [0.25, 0.3) is 6.43 Å². The van der Waals surface area contributed by atoms with Crippen molar-refractivity contribution in [2.75, 3.05) is 7.05 Å². The second kappa shape index (κ2) is 7.29. The predicted molar refractivity (Wildman–Crippen MR) is 86.0 cm³/mol. The molecule has 0 aliphatic heterocycles. The summed E-state index contributed by atoms with van der Waals surface area (Å²) in [6.07, 6.45) is -0.965. The number of halogens is 3. The maximum atomic E-state index is 12.8. The SMILES string of the molecule is CCn1cc(Cl)c(CN(C)C(=O)C(C)n2nc(C(F)F)cc2C)n1. The van der Waals surface area contributed by atoms with Crippen LogP contribution in [0.2, 0.25) is 5.02 Å². The summed E-state index contributed by atoms with van der Waals surface area (Å²) < 4.78 is 28.5. The zero-order chi connectivity index (χ0) is 18.0. The topological polar surface area (TPSA) is 56.0 Å². The molecule has 24 heavy (non-hydrogen) atoms. The average Bonchev–Trinajstić information content (AvgIpc) is 3.09. The Morgan fingerprint density at radius 1 is 1.42 bits per heavy atom. The van der Waals surface area contributed by atoms with Gasteiger partial charge in [-0.05, 0) is 26.8 Å². The monoisotopic (exact) mass is 359 g/mol. The Hall–Kier alpha value is -1.96. The first-order valence-corrected chi connectivity index (χ1v) is 7.93. The molecular formula is C15H20ClF2N5O. The van der Waals surface area contributed by atoms with Gasteiger partial charge in [-0.25, -0.2) is 8.78 Å². The average molecular weight is 360 g/mol. The molecule has 2 aromatic rings. The number of hydrogen-bond donors (Lipinski definition) is 0. The number of carbonyl (C=O) groups is 1. The van der Waals surface area contributed by atoms with E-state index in [0.29, 0.717) is 23.0 Å². The highest BCUT2D eigenvalue weighted by Crippen LogP contribution is 2.22. The van der Waals surface area contributed by atoms with Crippen LogP contribution in [0, 0.1) is 6.92 Å². The third-order valence-electron chi connectivity index (χ3n) is 3.76. The lowest BCUT2D eigenvalue weighted by atomic mass is 10.2. The lowest BCUT2D eigenvalue weighted by Crippen LogP contribution is -2.33. The lowest BCUT2D eigenvalue weighted by Gasteiger charge is -2.22. The maximum absolute atomic E-state index is 12.8. The van der Waals surface area contributed by atoms with E-state index in [1.165, 1.54) is 15.6 Å². The number of carbonyl (C=O) groups excluding carboxylic acids is 1. The Morgan fingerprint density at radius 3 is 2.58 bits per heavy atom. The van der Waals surface area contributed by atoms with Crippen LogP contribution in [0.5, 0.6) is 0 Å². The van der Waals surface area contributed by atoms with Gasteiger partial charge in [-0.15, -0.1) is 0 Å². The molecule has 0 aliphatic rings. The molecule has 132 valence electrons. The van der Waals surface area contributed by atoms with Crippen molar-refractivity contribution < 1.29 is 13.6 Å². The molecular weight excluding hydrogens is 340 g/mol. The Morgan fingerprint density at radius 2 is 2.08 bits per heavy atom. The maximum Gasteiger partial charge on any atom is 0.282 e. The van der Waals surface area contributed by atoms with Crippen molar-refractivity contribution in [3.8, 4) is 0 Å². The molecule has 9 heteroatoms. The fourth-order valence-electron chi connectivity index (χ4n) is 2.44. The van der Waals surface area contributed by atoms with Crippen molar-refractivity contribution in [3.63, 3.8) is 0 Å². The number of alkyl halides is 2. The largest absolute Gasteiger partial charge is 0.338 e. The van der Waals surface area contributed by atoms with E-state index < -0.39 is 12.5 Å². The fraction of sp³-hybridized carbons (Fsp3) is 0.533. The van der Waals surface area contributed by atoms with Gasteiger partial charge < -0.3 is 4.90 Å². The van der Waals surface area contributed by atoms with Crippen molar-refractivity contribution in [2.24, 2.45) is 0 Å². The van der Waals surface area contributed by atoms with Crippen LogP contribution in [0.25, 0.3) is 0 Å². The van der Waals surface area contributed by atoms with Crippen molar-refractivity contribution in [1.29, 1.82) is 0 Å². The molecule has 0 radical (unpaired) electrons. The predicted octanol–water partition coefficient (Wildman–Crippen LogP) is 3.22. The first-order chi connectivity index (χ1) is 11.2. The highest BCUT2D eigenvalue weighted by molar-refractivity contribution is 6.31. The van der Waals surface area contributed by atoms with Gasteiger partial charge in [0.15, 0.2) is 0 Å². The van der Waals surface area contributed by atoms with Crippen molar-refractivity contribution in [3.05, 3.63) is 34.4 Å². The summed E-state index contributed by atoms with van der Waals surface area (Å²) in [4.78, 5) is 14.0. The van der Waals surface area contributed by atoms with Crippen molar-refractivity contribution >= 4 is 17.5 Å². The van der Waals surface area contributed by atoms with Crippen LogP contribution in [0.1, 0.15) is 43.4 Å². The number of hydrogen-bond acceptors (Lipinski definition) is 3. The summed E-state index contributed by atoms with van der Waals surface area (Å²) in [6.45, 7) is 6.11. The van der Waals surface area contributed by atoms with E-state index in [4.69, 9.17) is 11.6 Å². The number of amides is 1. The molecule has 0 fully saturated rings. The standard InChI is InChI=1S/C15H20ClF2N5O/c1-5-22-7-11(16)13(19-22)8-21(4)15(24)10(3)23-9(2)6-12(20-23)14(17)18/h6-7,10,14H,5,8H2,1-4H3. The van der Waals surface area contributed by atoms with Gasteiger partial charge in [0.2, 0.25) is 5.91 Å². The smallest absolute Gasteiger partial charge is 0.282 e. The third-order valence-corrected chi connectivity index (χ3v) is 4.08. The number of aromatic nitrogens is 4. The normalized spacial score (nSPS) is 12.7. The molecule has 1 unspecified atom stereocenters. The highest BCUT2D eigenvalue weighted by Gasteiger charge is 2.24. The van der Waals surface area contributed by atoms with E-state index in [0.717, 1.165) is 0 Å². The molecule has 0 saturated carbocycles. The molecule has 0 aromatic carbocycles. The molecule has 0 saturated heterocycles. The first kappa shape index (κ1) is 18.4. The molecule has 2 aromatic heterocycles. The Kier molecular flexibility index (Phi) is 5.58. The minimum Gasteiger partial charge on any atom is -0.338 e. The molecule has 2 heterocycles. The van der Waals surface area contributed by atoms with Crippen LogP contribution >= 0.6 is 11.6 Å². The van der Waals surface area contributed by atoms with E-state index in [2.05, 4.69) is 10.2 Å². The second-order valence-electron chi connectivity index (χ2n) is 5.61. The molecule has 0 aliphatic carbocycles. The summed E-state index contributed by atoms with van der Waals surface area (Å²) in [5.74, 6) is -0.260. The van der Waals surface area contributed by atoms with Crippen LogP contribution in [0.15, 0.2) is 12.3 Å². The van der Waals surface area contributed by atoms with Crippen LogP contribution in [-0.4, -0.2) is 37.4 Å². The first-order valence-electron chi connectivity index (χ1n) is 7.55. The third kappa shape index (κ3) is 3.75. The quantitative estimate of drug-likeness (QED) is 0.795. The van der Waals surface area contributed by atoms with Gasteiger partial charge in [-0.2, -0.15) is 10.2 Å². The Balaban J connectivity index is 2.13. The molecule has 6 nitrogen and oxygen atoms in total. The Bertz CT molecular complexity index is 728. The van der Waals surface area contributed by atoms with Gasteiger partial charge in [-0.3, -0.25) is 14.2 Å². The van der Waals surface area contributed by atoms with E-state index in [1.807, 2.05) is 6.92 Å². The molecule has 1 atom stereocenters.